The molecule has 2 atom stereocenters. The third kappa shape index (κ3) is 5.73. The van der Waals surface area contributed by atoms with Crippen molar-refractivity contribution in [3.05, 3.63) is 35.9 Å². The zero-order chi connectivity index (χ0) is 20.6. The van der Waals surface area contributed by atoms with Crippen molar-refractivity contribution in [1.29, 1.82) is 0 Å². The van der Waals surface area contributed by atoms with Gasteiger partial charge < -0.3 is 15.2 Å². The fourth-order valence-electron chi connectivity index (χ4n) is 5.10. The Kier molecular flexibility index (Phi) is 7.22. The molecule has 0 saturated heterocycles. The second-order valence-electron chi connectivity index (χ2n) is 8.27. The van der Waals surface area contributed by atoms with Gasteiger partial charge in [0.25, 0.3) is 0 Å². The molecule has 0 aromatic heterocycles. The van der Waals surface area contributed by atoms with Crippen LogP contribution in [0.3, 0.4) is 0 Å². The van der Waals surface area contributed by atoms with Gasteiger partial charge in [0.15, 0.2) is 0 Å². The van der Waals surface area contributed by atoms with Crippen molar-refractivity contribution in [1.82, 2.24) is 5.32 Å². The molecule has 2 fully saturated rings. The predicted octanol–water partition coefficient (Wildman–Crippen LogP) is 5.14. The average Bonchev–Trinajstić information content (AvgIpc) is 2.75. The Morgan fingerprint density at radius 1 is 1.00 bits per heavy atom. The van der Waals surface area contributed by atoms with Gasteiger partial charge in [0.1, 0.15) is 12.6 Å². The largest absolute Gasteiger partial charge is 0.480 e. The van der Waals surface area contributed by atoms with E-state index in [0.717, 1.165) is 51.4 Å². The average molecular weight is 389 g/mol. The van der Waals surface area contributed by atoms with Gasteiger partial charge in [0, 0.05) is 0 Å². The van der Waals surface area contributed by atoms with Crippen LogP contribution in [0.15, 0.2) is 30.3 Å². The van der Waals surface area contributed by atoms with Crippen molar-refractivity contribution < 1.29 is 20.8 Å². The number of alkyl carbamates (subject to hydrolysis) is 1. The van der Waals surface area contributed by atoms with Crippen molar-refractivity contribution >= 4 is 12.1 Å². The predicted molar refractivity (Wildman–Crippen MR) is 108 cm³/mol. The van der Waals surface area contributed by atoms with Crippen LogP contribution in [-0.2, 0) is 16.1 Å². The van der Waals surface area contributed by atoms with Crippen LogP contribution in [0.25, 0.3) is 0 Å². The lowest BCUT2D eigenvalue weighted by molar-refractivity contribution is -0.142. The van der Waals surface area contributed by atoms with Crippen molar-refractivity contribution in [2.24, 2.45) is 17.8 Å². The third-order valence-electron chi connectivity index (χ3n) is 6.41. The molecular formula is C23H33NO4. The molecule has 2 aliphatic rings. The highest BCUT2D eigenvalue weighted by Gasteiger charge is 2.41. The number of benzene rings is 1. The van der Waals surface area contributed by atoms with E-state index in [0.29, 0.717) is 17.4 Å². The summed E-state index contributed by atoms with van der Waals surface area (Å²) < 4.78 is 13.3. The smallest absolute Gasteiger partial charge is 0.408 e. The Morgan fingerprint density at radius 3 is 2.04 bits per heavy atom. The van der Waals surface area contributed by atoms with Gasteiger partial charge in [-0.1, -0.05) is 94.5 Å². The number of hydrogen-bond acceptors (Lipinski definition) is 3. The maximum atomic E-state index is 12.5. The van der Waals surface area contributed by atoms with Gasteiger partial charge >= 0.3 is 12.1 Å². The molecule has 154 valence electrons. The SMILES string of the molecule is [2H]C(OC(=O)N[C@H](C(=O)O)C(C1CCCCC1)C1CCCCC1)c1ccccc1. The minimum Gasteiger partial charge on any atom is -0.480 e. The molecule has 0 bridgehead atoms. The molecule has 1 amide bonds. The first-order valence-electron chi connectivity index (χ1n) is 11.3. The Bertz CT molecular complexity index is 638. The molecule has 28 heavy (non-hydrogen) atoms. The number of carbonyl (C=O) groups excluding carboxylic acids is 1. The number of aliphatic carboxylic acids is 1. The van der Waals surface area contributed by atoms with Crippen LogP contribution in [0.4, 0.5) is 4.79 Å². The van der Waals surface area contributed by atoms with E-state index < -0.39 is 24.7 Å². The van der Waals surface area contributed by atoms with Crippen LogP contribution < -0.4 is 5.32 Å². The first kappa shape index (κ1) is 19.3. The molecule has 1 aromatic carbocycles. The van der Waals surface area contributed by atoms with Gasteiger partial charge in [-0.25, -0.2) is 9.59 Å². The summed E-state index contributed by atoms with van der Waals surface area (Å²) in [7, 11) is 0. The highest BCUT2D eigenvalue weighted by molar-refractivity contribution is 5.80. The number of carboxylic acid groups (broad SMARTS) is 1. The molecule has 0 radical (unpaired) electrons. The van der Waals surface area contributed by atoms with Crippen LogP contribution in [0.2, 0.25) is 0 Å². The number of hydrogen-bond donors (Lipinski definition) is 2. The molecule has 2 aliphatic carbocycles. The molecular weight excluding hydrogens is 354 g/mol. The molecule has 0 heterocycles. The van der Waals surface area contributed by atoms with Gasteiger partial charge in [-0.15, -0.1) is 0 Å². The Hall–Kier alpha value is -2.04. The summed E-state index contributed by atoms with van der Waals surface area (Å²) in [5.74, 6) is -0.408. The lowest BCUT2D eigenvalue weighted by Gasteiger charge is -2.40. The minimum atomic E-state index is -1.17. The first-order valence-corrected chi connectivity index (χ1v) is 10.7. The molecule has 3 rings (SSSR count). The number of nitrogens with one attached hydrogen (secondary N) is 1. The van der Waals surface area contributed by atoms with Gasteiger partial charge in [-0.05, 0) is 23.3 Å². The molecule has 1 unspecified atom stereocenters. The molecule has 0 aliphatic heterocycles. The van der Waals surface area contributed by atoms with E-state index in [1.807, 2.05) is 6.07 Å². The minimum absolute atomic E-state index is 0.0680. The molecule has 0 spiro atoms. The molecule has 1 aromatic rings. The third-order valence-corrected chi connectivity index (χ3v) is 6.41. The maximum absolute atomic E-state index is 12.5. The highest BCUT2D eigenvalue weighted by Crippen LogP contribution is 2.41. The quantitative estimate of drug-likeness (QED) is 0.678. The topological polar surface area (TPSA) is 75.6 Å². The summed E-state index contributed by atoms with van der Waals surface area (Å²) in [4.78, 5) is 24.7. The van der Waals surface area contributed by atoms with E-state index in [1.165, 1.54) is 12.8 Å². The monoisotopic (exact) mass is 388 g/mol. The van der Waals surface area contributed by atoms with E-state index in [9.17, 15) is 14.7 Å². The zero-order valence-corrected chi connectivity index (χ0v) is 16.5. The first-order chi connectivity index (χ1) is 14.1. The number of rotatable bonds is 7. The standard InChI is InChI=1S/C23H33NO4/c25-22(26)21(24-23(27)28-16-17-10-4-1-5-11-17)20(18-12-6-2-7-13-18)19-14-8-3-9-15-19/h1,4-5,10-11,18-21H,2-3,6-9,12-16H2,(H,24,27)(H,25,26)/t21-/m0/s1/i16D/t16?,21-. The molecule has 2 saturated carbocycles. The lowest BCUT2D eigenvalue weighted by Crippen LogP contribution is -2.51. The van der Waals surface area contributed by atoms with Crippen LogP contribution in [0.5, 0.6) is 0 Å². The number of amides is 1. The number of carbonyl (C=O) groups is 2. The lowest BCUT2D eigenvalue weighted by atomic mass is 9.66. The van der Waals surface area contributed by atoms with E-state index in [1.54, 1.807) is 24.3 Å². The second kappa shape index (κ2) is 10.5. The Balaban J connectivity index is 1.71. The fraction of sp³-hybridized carbons (Fsp3) is 0.652. The summed E-state index contributed by atoms with van der Waals surface area (Å²) in [5.41, 5.74) is 0.561. The van der Waals surface area contributed by atoms with Crippen molar-refractivity contribution in [2.75, 3.05) is 0 Å². The van der Waals surface area contributed by atoms with Crippen molar-refractivity contribution in [3.63, 3.8) is 0 Å². The summed E-state index contributed by atoms with van der Waals surface area (Å²) in [6.45, 7) is -1.17. The molecule has 2 N–H and O–H groups in total. The summed E-state index contributed by atoms with van der Waals surface area (Å²) in [5, 5.41) is 12.6. The molecule has 5 nitrogen and oxygen atoms in total. The van der Waals surface area contributed by atoms with Crippen molar-refractivity contribution in [2.45, 2.75) is 76.8 Å². The number of ether oxygens (including phenoxy) is 1. The van der Waals surface area contributed by atoms with Crippen molar-refractivity contribution in [3.8, 4) is 0 Å². The normalized spacial score (nSPS) is 21.5. The fourth-order valence-corrected chi connectivity index (χ4v) is 5.10. The summed E-state index contributed by atoms with van der Waals surface area (Å²) >= 11 is 0. The van der Waals surface area contributed by atoms with E-state index in [2.05, 4.69) is 5.32 Å². The summed E-state index contributed by atoms with van der Waals surface area (Å²) in [6, 6.07) is 7.85. The Labute approximate surface area is 169 Å². The number of carboxylic acids is 1. The van der Waals surface area contributed by atoms with Crippen LogP contribution in [-0.4, -0.2) is 23.2 Å². The Morgan fingerprint density at radius 2 is 1.54 bits per heavy atom. The van der Waals surface area contributed by atoms with E-state index in [4.69, 9.17) is 6.11 Å². The van der Waals surface area contributed by atoms with Crippen LogP contribution in [0, 0.1) is 17.8 Å². The second-order valence-corrected chi connectivity index (χ2v) is 8.27. The van der Waals surface area contributed by atoms with Crippen LogP contribution in [0.1, 0.15) is 71.1 Å². The van der Waals surface area contributed by atoms with Gasteiger partial charge in [-0.3, -0.25) is 0 Å². The van der Waals surface area contributed by atoms with E-state index >= 15 is 0 Å². The van der Waals surface area contributed by atoms with Gasteiger partial charge in [0.2, 0.25) is 0 Å². The zero-order valence-electron chi connectivity index (χ0n) is 17.5. The molecule has 5 heteroatoms. The van der Waals surface area contributed by atoms with Gasteiger partial charge in [0.05, 0.1) is 1.37 Å². The highest BCUT2D eigenvalue weighted by atomic mass is 16.5. The maximum Gasteiger partial charge on any atom is 0.408 e. The van der Waals surface area contributed by atoms with E-state index in [-0.39, 0.29) is 5.92 Å². The van der Waals surface area contributed by atoms with Crippen LogP contribution >= 0.6 is 0 Å². The van der Waals surface area contributed by atoms with Gasteiger partial charge in [-0.2, -0.15) is 0 Å². The summed E-state index contributed by atoms with van der Waals surface area (Å²) in [6.07, 6.45) is 10.3.